The molecule has 0 heterocycles. The van der Waals surface area contributed by atoms with Gasteiger partial charge in [0.2, 0.25) is 0 Å². The van der Waals surface area contributed by atoms with Crippen molar-refractivity contribution in [2.45, 2.75) is 52.6 Å². The molecule has 0 bridgehead atoms. The predicted molar refractivity (Wildman–Crippen MR) is 63.4 cm³/mol. The summed E-state index contributed by atoms with van der Waals surface area (Å²) in [6.45, 7) is 9.94. The molecule has 0 aromatic heterocycles. The Morgan fingerprint density at radius 3 is 2.47 bits per heavy atom. The maximum absolute atomic E-state index is 8.99. The summed E-state index contributed by atoms with van der Waals surface area (Å²) in [6, 6.07) is 3.45. The zero-order valence-corrected chi connectivity index (χ0v) is 10.3. The number of hydrogen-bond acceptors (Lipinski definition) is 2. The number of allylic oxidation sites excluding steroid dienone is 1. The van der Waals surface area contributed by atoms with Gasteiger partial charge in [-0.15, -0.1) is 0 Å². The van der Waals surface area contributed by atoms with E-state index in [0.717, 1.165) is 25.0 Å². The molecular formula is C13H22N2. The van der Waals surface area contributed by atoms with Crippen LogP contribution in [0, 0.1) is 17.2 Å². The monoisotopic (exact) mass is 206 g/mol. The Morgan fingerprint density at radius 1 is 1.40 bits per heavy atom. The number of nitrogens with zero attached hydrogens (tertiary/aromatic N) is 2. The standard InChI is InChI=1S/C13H22N2/c1-10(2)15(11(3)4)9-13-7-5-6-12(13)8-14/h6,10-11,13H,5,7,9H2,1-4H3. The van der Waals surface area contributed by atoms with E-state index in [2.05, 4.69) is 44.7 Å². The lowest BCUT2D eigenvalue weighted by Crippen LogP contribution is -2.40. The van der Waals surface area contributed by atoms with Crippen LogP contribution in [0.2, 0.25) is 0 Å². The molecule has 0 N–H and O–H groups in total. The summed E-state index contributed by atoms with van der Waals surface area (Å²) >= 11 is 0. The Balaban J connectivity index is 2.60. The Hall–Kier alpha value is -0.810. The second kappa shape index (κ2) is 5.32. The molecule has 0 saturated carbocycles. The van der Waals surface area contributed by atoms with Crippen LogP contribution in [0.25, 0.3) is 0 Å². The van der Waals surface area contributed by atoms with Gasteiger partial charge in [-0.3, -0.25) is 4.90 Å². The minimum atomic E-state index is 0.472. The van der Waals surface area contributed by atoms with Gasteiger partial charge in [0.15, 0.2) is 0 Å². The van der Waals surface area contributed by atoms with Gasteiger partial charge in [0, 0.05) is 30.1 Å². The molecule has 0 saturated heterocycles. The molecule has 2 heteroatoms. The van der Waals surface area contributed by atoms with E-state index >= 15 is 0 Å². The van der Waals surface area contributed by atoms with Gasteiger partial charge in [-0.25, -0.2) is 0 Å². The van der Waals surface area contributed by atoms with Crippen LogP contribution in [0.1, 0.15) is 40.5 Å². The quantitative estimate of drug-likeness (QED) is 0.707. The lowest BCUT2D eigenvalue weighted by molar-refractivity contribution is 0.155. The molecule has 0 radical (unpaired) electrons. The number of nitriles is 1. The average Bonchev–Trinajstić information content (AvgIpc) is 2.59. The van der Waals surface area contributed by atoms with E-state index in [1.807, 2.05) is 0 Å². The van der Waals surface area contributed by atoms with Gasteiger partial charge < -0.3 is 0 Å². The molecule has 84 valence electrons. The summed E-state index contributed by atoms with van der Waals surface area (Å²) in [5.74, 6) is 0.472. The maximum Gasteiger partial charge on any atom is 0.0947 e. The van der Waals surface area contributed by atoms with Gasteiger partial charge in [0.1, 0.15) is 0 Å². The number of hydrogen-bond donors (Lipinski definition) is 0. The van der Waals surface area contributed by atoms with Crippen LogP contribution >= 0.6 is 0 Å². The minimum absolute atomic E-state index is 0.472. The van der Waals surface area contributed by atoms with Crippen LogP contribution in [-0.4, -0.2) is 23.5 Å². The van der Waals surface area contributed by atoms with Crippen molar-refractivity contribution in [3.63, 3.8) is 0 Å². The molecule has 15 heavy (non-hydrogen) atoms. The molecule has 1 aliphatic rings. The Morgan fingerprint density at radius 2 is 2.00 bits per heavy atom. The fourth-order valence-corrected chi connectivity index (χ4v) is 2.36. The van der Waals surface area contributed by atoms with E-state index in [-0.39, 0.29) is 0 Å². The molecular weight excluding hydrogens is 184 g/mol. The highest BCUT2D eigenvalue weighted by molar-refractivity contribution is 5.27. The summed E-state index contributed by atoms with van der Waals surface area (Å²) in [7, 11) is 0. The van der Waals surface area contributed by atoms with Crippen LogP contribution < -0.4 is 0 Å². The smallest absolute Gasteiger partial charge is 0.0947 e. The summed E-state index contributed by atoms with van der Waals surface area (Å²) in [4.78, 5) is 2.47. The molecule has 0 aromatic carbocycles. The fraction of sp³-hybridized carbons (Fsp3) is 0.769. The molecule has 1 aliphatic carbocycles. The number of rotatable bonds is 4. The Kier molecular flexibility index (Phi) is 4.35. The topological polar surface area (TPSA) is 27.0 Å². The van der Waals surface area contributed by atoms with E-state index in [0.29, 0.717) is 18.0 Å². The van der Waals surface area contributed by atoms with E-state index < -0.39 is 0 Å². The average molecular weight is 206 g/mol. The lowest BCUT2D eigenvalue weighted by atomic mass is 10.0. The summed E-state index contributed by atoms with van der Waals surface area (Å²) in [5, 5.41) is 8.99. The van der Waals surface area contributed by atoms with E-state index in [9.17, 15) is 0 Å². The zero-order chi connectivity index (χ0) is 11.4. The minimum Gasteiger partial charge on any atom is -0.298 e. The highest BCUT2D eigenvalue weighted by Crippen LogP contribution is 2.27. The molecule has 0 amide bonds. The third kappa shape index (κ3) is 3.07. The van der Waals surface area contributed by atoms with Gasteiger partial charge >= 0.3 is 0 Å². The first kappa shape index (κ1) is 12.3. The lowest BCUT2D eigenvalue weighted by Gasteiger charge is -2.32. The maximum atomic E-state index is 8.99. The van der Waals surface area contributed by atoms with Gasteiger partial charge in [0.25, 0.3) is 0 Å². The van der Waals surface area contributed by atoms with Crippen molar-refractivity contribution in [2.75, 3.05) is 6.54 Å². The highest BCUT2D eigenvalue weighted by Gasteiger charge is 2.24. The van der Waals surface area contributed by atoms with Crippen molar-refractivity contribution >= 4 is 0 Å². The zero-order valence-electron chi connectivity index (χ0n) is 10.3. The molecule has 1 rings (SSSR count). The summed E-state index contributed by atoms with van der Waals surface area (Å²) < 4.78 is 0. The van der Waals surface area contributed by atoms with Crippen molar-refractivity contribution < 1.29 is 0 Å². The van der Waals surface area contributed by atoms with Crippen molar-refractivity contribution in [3.05, 3.63) is 11.6 Å². The van der Waals surface area contributed by atoms with Crippen molar-refractivity contribution in [2.24, 2.45) is 5.92 Å². The van der Waals surface area contributed by atoms with Gasteiger partial charge in [-0.05, 0) is 40.5 Å². The molecule has 0 fully saturated rings. The normalized spacial score (nSPS) is 21.2. The van der Waals surface area contributed by atoms with Crippen molar-refractivity contribution in [1.82, 2.24) is 4.90 Å². The first-order chi connectivity index (χ1) is 7.06. The van der Waals surface area contributed by atoms with Crippen LogP contribution in [0.5, 0.6) is 0 Å². The molecule has 1 unspecified atom stereocenters. The summed E-state index contributed by atoms with van der Waals surface area (Å²) in [6.07, 6.45) is 4.33. The van der Waals surface area contributed by atoms with Crippen molar-refractivity contribution in [3.8, 4) is 6.07 Å². The Bertz CT molecular complexity index is 263. The van der Waals surface area contributed by atoms with E-state index in [1.54, 1.807) is 0 Å². The van der Waals surface area contributed by atoms with Crippen LogP contribution in [0.3, 0.4) is 0 Å². The SMILES string of the molecule is CC(C)N(CC1CCC=C1C#N)C(C)C. The third-order valence-electron chi connectivity index (χ3n) is 3.21. The molecule has 0 aromatic rings. The Labute approximate surface area is 93.6 Å². The second-order valence-corrected chi connectivity index (χ2v) is 4.93. The largest absolute Gasteiger partial charge is 0.298 e. The van der Waals surface area contributed by atoms with Crippen LogP contribution in [0.15, 0.2) is 11.6 Å². The van der Waals surface area contributed by atoms with Gasteiger partial charge in [-0.2, -0.15) is 5.26 Å². The highest BCUT2D eigenvalue weighted by atomic mass is 15.2. The van der Waals surface area contributed by atoms with E-state index in [1.165, 1.54) is 0 Å². The van der Waals surface area contributed by atoms with E-state index in [4.69, 9.17) is 5.26 Å². The molecule has 1 atom stereocenters. The van der Waals surface area contributed by atoms with Crippen LogP contribution in [0.4, 0.5) is 0 Å². The third-order valence-corrected chi connectivity index (χ3v) is 3.21. The second-order valence-electron chi connectivity index (χ2n) is 4.93. The first-order valence-electron chi connectivity index (χ1n) is 5.92. The fourth-order valence-electron chi connectivity index (χ4n) is 2.36. The van der Waals surface area contributed by atoms with Gasteiger partial charge in [0.05, 0.1) is 6.07 Å². The molecule has 2 nitrogen and oxygen atoms in total. The van der Waals surface area contributed by atoms with Crippen molar-refractivity contribution in [1.29, 1.82) is 5.26 Å². The first-order valence-corrected chi connectivity index (χ1v) is 5.92. The summed E-state index contributed by atoms with van der Waals surface area (Å²) in [5.41, 5.74) is 1.00. The molecule has 0 aliphatic heterocycles. The molecule has 0 spiro atoms. The predicted octanol–water partition coefficient (Wildman–Crippen LogP) is 2.97. The van der Waals surface area contributed by atoms with Crippen LogP contribution in [-0.2, 0) is 0 Å². The van der Waals surface area contributed by atoms with Gasteiger partial charge in [-0.1, -0.05) is 6.08 Å².